The van der Waals surface area contributed by atoms with Gasteiger partial charge in [-0.15, -0.1) is 5.10 Å². The molecule has 2 N–H and O–H groups in total. The Morgan fingerprint density at radius 2 is 1.93 bits per heavy atom. The Balaban J connectivity index is 1.21. The van der Waals surface area contributed by atoms with Gasteiger partial charge < -0.3 is 20.3 Å². The molecule has 0 spiro atoms. The summed E-state index contributed by atoms with van der Waals surface area (Å²) in [4.78, 5) is 26.0. The average molecular weight is 384 g/mol. The molecule has 0 unspecified atom stereocenters. The predicted molar refractivity (Wildman–Crippen MR) is 101 cm³/mol. The zero-order chi connectivity index (χ0) is 19.5. The maximum absolute atomic E-state index is 12.2. The van der Waals surface area contributed by atoms with Crippen LogP contribution in [0.3, 0.4) is 0 Å². The monoisotopic (exact) mass is 384 g/mol. The highest BCUT2D eigenvalue weighted by molar-refractivity contribution is 5.91. The van der Waals surface area contributed by atoms with Crippen LogP contribution in [0.15, 0.2) is 30.5 Å². The lowest BCUT2D eigenvalue weighted by Crippen LogP contribution is -2.54. The van der Waals surface area contributed by atoms with Crippen LogP contribution in [0.25, 0.3) is 0 Å². The van der Waals surface area contributed by atoms with Crippen LogP contribution in [0.4, 0.5) is 4.79 Å². The van der Waals surface area contributed by atoms with Crippen molar-refractivity contribution in [3.8, 4) is 5.75 Å². The van der Waals surface area contributed by atoms with Crippen LogP contribution in [0, 0.1) is 5.92 Å². The summed E-state index contributed by atoms with van der Waals surface area (Å²) in [5.41, 5.74) is 1.33. The van der Waals surface area contributed by atoms with E-state index in [9.17, 15) is 9.59 Å². The van der Waals surface area contributed by atoms with Gasteiger partial charge in [0.05, 0.1) is 19.3 Å². The fourth-order valence-corrected chi connectivity index (χ4v) is 3.03. The molecule has 1 aromatic carbocycles. The van der Waals surface area contributed by atoms with Gasteiger partial charge in [0.25, 0.3) is 5.91 Å². The lowest BCUT2D eigenvalue weighted by atomic mass is 10.1. The molecule has 9 nitrogen and oxygen atoms in total. The molecule has 0 atom stereocenters. The van der Waals surface area contributed by atoms with E-state index < -0.39 is 0 Å². The Hall–Kier alpha value is -3.10. The van der Waals surface area contributed by atoms with E-state index in [0.717, 1.165) is 11.3 Å². The summed E-state index contributed by atoms with van der Waals surface area (Å²) in [7, 11) is 1.62. The van der Waals surface area contributed by atoms with E-state index in [2.05, 4.69) is 20.9 Å². The van der Waals surface area contributed by atoms with Crippen molar-refractivity contribution in [3.63, 3.8) is 0 Å². The summed E-state index contributed by atoms with van der Waals surface area (Å²) >= 11 is 0. The lowest BCUT2D eigenvalue weighted by molar-refractivity contribution is 0.0946. The average Bonchev–Trinajstić information content (AvgIpc) is 3.39. The predicted octanol–water partition coefficient (Wildman–Crippen LogP) is 1.19. The number of amides is 3. The van der Waals surface area contributed by atoms with Gasteiger partial charge in [-0.1, -0.05) is 17.3 Å². The molecule has 0 radical (unpaired) electrons. The number of nitrogens with zero attached hydrogens (tertiary/aromatic N) is 4. The minimum Gasteiger partial charge on any atom is -0.497 e. The number of aromatic nitrogens is 3. The lowest BCUT2D eigenvalue weighted by Gasteiger charge is -2.38. The van der Waals surface area contributed by atoms with Gasteiger partial charge in [0, 0.05) is 26.2 Å². The summed E-state index contributed by atoms with van der Waals surface area (Å²) in [6, 6.07) is 7.50. The van der Waals surface area contributed by atoms with Gasteiger partial charge in [0.1, 0.15) is 5.75 Å². The summed E-state index contributed by atoms with van der Waals surface area (Å²) in [5.74, 6) is 1.22. The second-order valence-corrected chi connectivity index (χ2v) is 7.30. The van der Waals surface area contributed by atoms with Crippen molar-refractivity contribution in [1.82, 2.24) is 30.5 Å². The largest absolute Gasteiger partial charge is 0.497 e. The third kappa shape index (κ3) is 4.24. The molecule has 1 aromatic heterocycles. The van der Waals surface area contributed by atoms with E-state index >= 15 is 0 Å². The minimum atomic E-state index is -0.188. The molecule has 3 amide bonds. The number of methoxy groups -OCH3 is 1. The third-order valence-electron chi connectivity index (χ3n) is 5.12. The van der Waals surface area contributed by atoms with Crippen molar-refractivity contribution in [2.45, 2.75) is 25.4 Å². The standard InChI is InChI=1S/C19H24N6O3/c1-28-16-6-4-14(5-7-16)9-21-19(27)24-10-15(11-24)25-12-17(22-23-25)18(26)20-8-13-2-3-13/h4-7,12-13,15H,2-3,8-11H2,1H3,(H,20,26)(H,21,27). The number of hydrogen-bond donors (Lipinski definition) is 2. The van der Waals surface area contributed by atoms with Crippen LogP contribution in [0.2, 0.25) is 0 Å². The number of hydrogen-bond acceptors (Lipinski definition) is 5. The Morgan fingerprint density at radius 1 is 1.18 bits per heavy atom. The number of benzene rings is 1. The van der Waals surface area contributed by atoms with Gasteiger partial charge in [-0.2, -0.15) is 0 Å². The second-order valence-electron chi connectivity index (χ2n) is 7.30. The summed E-state index contributed by atoms with van der Waals surface area (Å²) in [5, 5.41) is 13.8. The summed E-state index contributed by atoms with van der Waals surface area (Å²) in [6.45, 7) is 2.25. The van der Waals surface area contributed by atoms with Crippen LogP contribution in [0.1, 0.15) is 34.9 Å². The Morgan fingerprint density at radius 3 is 2.61 bits per heavy atom. The maximum Gasteiger partial charge on any atom is 0.317 e. The molecule has 1 aliphatic heterocycles. The van der Waals surface area contributed by atoms with Crippen molar-refractivity contribution in [2.75, 3.05) is 26.7 Å². The topological polar surface area (TPSA) is 101 Å². The second kappa shape index (κ2) is 7.87. The summed E-state index contributed by atoms with van der Waals surface area (Å²) in [6.07, 6.45) is 4.02. The smallest absolute Gasteiger partial charge is 0.317 e. The van der Waals surface area contributed by atoms with Gasteiger partial charge in [0.15, 0.2) is 5.69 Å². The first-order chi connectivity index (χ1) is 13.6. The first-order valence-corrected chi connectivity index (χ1v) is 9.48. The Labute approximate surface area is 163 Å². The van der Waals surface area contributed by atoms with Gasteiger partial charge in [-0.25, -0.2) is 9.48 Å². The first kappa shape index (κ1) is 18.3. The Kier molecular flexibility index (Phi) is 5.14. The van der Waals surface area contributed by atoms with Crippen molar-refractivity contribution in [3.05, 3.63) is 41.7 Å². The van der Waals surface area contributed by atoms with Gasteiger partial charge >= 0.3 is 6.03 Å². The van der Waals surface area contributed by atoms with Crippen molar-refractivity contribution in [2.24, 2.45) is 5.92 Å². The number of carbonyl (C=O) groups excluding carboxylic acids is 2. The highest BCUT2D eigenvalue weighted by Crippen LogP contribution is 2.27. The number of urea groups is 1. The van der Waals surface area contributed by atoms with Crippen molar-refractivity contribution < 1.29 is 14.3 Å². The Bertz CT molecular complexity index is 840. The molecule has 148 valence electrons. The highest BCUT2D eigenvalue weighted by Gasteiger charge is 2.33. The fraction of sp³-hybridized carbons (Fsp3) is 0.474. The van der Waals surface area contributed by atoms with E-state index in [0.29, 0.717) is 37.8 Å². The number of likely N-dealkylation sites (tertiary alicyclic amines) is 1. The van der Waals surface area contributed by atoms with E-state index in [1.807, 2.05) is 24.3 Å². The molecule has 9 heteroatoms. The molecule has 28 heavy (non-hydrogen) atoms. The van der Waals surface area contributed by atoms with Crippen LogP contribution >= 0.6 is 0 Å². The van der Waals surface area contributed by atoms with E-state index in [4.69, 9.17) is 4.74 Å². The third-order valence-corrected chi connectivity index (χ3v) is 5.12. The first-order valence-electron chi connectivity index (χ1n) is 9.48. The van der Waals surface area contributed by atoms with Crippen molar-refractivity contribution in [1.29, 1.82) is 0 Å². The molecular formula is C19H24N6O3. The van der Waals surface area contributed by atoms with Crippen LogP contribution in [0.5, 0.6) is 5.75 Å². The van der Waals surface area contributed by atoms with Crippen LogP contribution < -0.4 is 15.4 Å². The molecule has 2 heterocycles. The number of ether oxygens (including phenoxy) is 1. The number of carbonyl (C=O) groups is 2. The van der Waals surface area contributed by atoms with Crippen molar-refractivity contribution >= 4 is 11.9 Å². The van der Waals surface area contributed by atoms with E-state index in [1.165, 1.54) is 12.8 Å². The van der Waals surface area contributed by atoms with E-state index in [-0.39, 0.29) is 18.0 Å². The van der Waals surface area contributed by atoms with Gasteiger partial charge in [-0.05, 0) is 36.5 Å². The molecule has 1 saturated carbocycles. The quantitative estimate of drug-likeness (QED) is 0.747. The SMILES string of the molecule is COc1ccc(CNC(=O)N2CC(n3cc(C(=O)NCC4CC4)nn3)C2)cc1. The molecule has 1 aliphatic carbocycles. The molecule has 4 rings (SSSR count). The van der Waals surface area contributed by atoms with Crippen LogP contribution in [-0.4, -0.2) is 58.6 Å². The summed E-state index contributed by atoms with van der Waals surface area (Å²) < 4.78 is 6.79. The normalized spacial score (nSPS) is 16.4. The van der Waals surface area contributed by atoms with Gasteiger partial charge in [-0.3, -0.25) is 4.79 Å². The fourth-order valence-electron chi connectivity index (χ4n) is 3.03. The molecule has 2 fully saturated rings. The number of nitrogens with one attached hydrogen (secondary N) is 2. The zero-order valence-corrected chi connectivity index (χ0v) is 15.8. The number of rotatable bonds is 7. The maximum atomic E-state index is 12.2. The molecule has 2 aromatic rings. The molecular weight excluding hydrogens is 360 g/mol. The van der Waals surface area contributed by atoms with Gasteiger partial charge in [0.2, 0.25) is 0 Å². The molecule has 1 saturated heterocycles. The highest BCUT2D eigenvalue weighted by atomic mass is 16.5. The zero-order valence-electron chi connectivity index (χ0n) is 15.8. The minimum absolute atomic E-state index is 0.0456. The molecule has 0 bridgehead atoms. The van der Waals surface area contributed by atoms with E-state index in [1.54, 1.807) is 22.9 Å². The van der Waals surface area contributed by atoms with Crippen LogP contribution in [-0.2, 0) is 6.54 Å². The molecule has 2 aliphatic rings.